The van der Waals surface area contributed by atoms with Crippen molar-refractivity contribution in [3.63, 3.8) is 0 Å². The van der Waals surface area contributed by atoms with Gasteiger partial charge < -0.3 is 10.0 Å². The maximum atomic E-state index is 13.6. The Balaban J connectivity index is 3.16. The highest BCUT2D eigenvalue weighted by atomic mass is 19.3. The van der Waals surface area contributed by atoms with Crippen LogP contribution in [0.2, 0.25) is 0 Å². The molecule has 0 fully saturated rings. The fourth-order valence-corrected chi connectivity index (χ4v) is 1.32. The normalized spacial score (nSPS) is 11.2. The number of carbonyl (C=O) groups is 1. The molecule has 1 rings (SSSR count). The second-order valence-electron chi connectivity index (χ2n) is 3.54. The molecule has 0 saturated heterocycles. The Morgan fingerprint density at radius 2 is 2.19 bits per heavy atom. The van der Waals surface area contributed by atoms with Crippen LogP contribution in [0.3, 0.4) is 0 Å². The van der Waals surface area contributed by atoms with Crippen LogP contribution in [0.25, 0.3) is 0 Å². The summed E-state index contributed by atoms with van der Waals surface area (Å²) >= 11 is 0. The molecule has 0 bridgehead atoms. The number of aliphatic carboxylic acids is 1. The Morgan fingerprint density at radius 1 is 1.56 bits per heavy atom. The molecule has 88 valence electrons. The summed E-state index contributed by atoms with van der Waals surface area (Å²) in [6, 6.07) is 2.55. The van der Waals surface area contributed by atoms with Crippen molar-refractivity contribution in [3.05, 3.63) is 23.9 Å². The van der Waals surface area contributed by atoms with Gasteiger partial charge in [-0.1, -0.05) is 0 Å². The molecule has 0 spiro atoms. The van der Waals surface area contributed by atoms with Crippen LogP contribution in [-0.4, -0.2) is 30.2 Å². The molecule has 4 nitrogen and oxygen atoms in total. The predicted molar refractivity (Wildman–Crippen MR) is 54.7 cm³/mol. The Morgan fingerprint density at radius 3 is 2.69 bits per heavy atom. The molecular weight excluding hydrogens is 218 g/mol. The first-order valence-corrected chi connectivity index (χ1v) is 4.57. The van der Waals surface area contributed by atoms with Gasteiger partial charge in [0, 0.05) is 20.3 Å². The van der Waals surface area contributed by atoms with Gasteiger partial charge in [0.1, 0.15) is 12.2 Å². The zero-order valence-corrected chi connectivity index (χ0v) is 8.94. The summed E-state index contributed by atoms with van der Waals surface area (Å²) in [6.45, 7) is 0. The second-order valence-corrected chi connectivity index (χ2v) is 3.54. The van der Waals surface area contributed by atoms with Gasteiger partial charge in [0.2, 0.25) is 0 Å². The van der Waals surface area contributed by atoms with Crippen LogP contribution in [-0.2, 0) is 10.7 Å². The summed E-state index contributed by atoms with van der Waals surface area (Å²) < 4.78 is 27.2. The van der Waals surface area contributed by atoms with Crippen LogP contribution in [0.1, 0.15) is 12.0 Å². The van der Waals surface area contributed by atoms with Crippen molar-refractivity contribution < 1.29 is 18.7 Å². The molecule has 0 unspecified atom stereocenters. The number of nitrogens with zero attached hydrogens (tertiary/aromatic N) is 2. The number of rotatable bonds is 4. The van der Waals surface area contributed by atoms with E-state index in [0.717, 1.165) is 0 Å². The molecule has 16 heavy (non-hydrogen) atoms. The summed E-state index contributed by atoms with van der Waals surface area (Å²) in [6.07, 6.45) is 0.148. The van der Waals surface area contributed by atoms with Crippen molar-refractivity contribution in [3.8, 4) is 0 Å². The standard InChI is InChI=1S/C10H12F2N2O2/c1-14(2)9-7(4-3-5-13-9)10(11,12)6-8(15)16/h3-5H,6H2,1-2H3,(H,15,16). The van der Waals surface area contributed by atoms with Gasteiger partial charge >= 0.3 is 5.97 Å². The lowest BCUT2D eigenvalue weighted by Gasteiger charge is -2.21. The van der Waals surface area contributed by atoms with Gasteiger partial charge in [-0.05, 0) is 12.1 Å². The molecule has 6 heteroatoms. The van der Waals surface area contributed by atoms with Crippen molar-refractivity contribution in [1.82, 2.24) is 4.98 Å². The van der Waals surface area contributed by atoms with E-state index < -0.39 is 18.3 Å². The summed E-state index contributed by atoms with van der Waals surface area (Å²) in [5.74, 6) is -4.88. The van der Waals surface area contributed by atoms with Crippen molar-refractivity contribution in [1.29, 1.82) is 0 Å². The molecule has 1 aromatic heterocycles. The van der Waals surface area contributed by atoms with Gasteiger partial charge in [-0.25, -0.2) is 13.8 Å². The zero-order chi connectivity index (χ0) is 12.3. The third kappa shape index (κ3) is 2.65. The third-order valence-corrected chi connectivity index (χ3v) is 1.98. The van der Waals surface area contributed by atoms with E-state index in [2.05, 4.69) is 4.98 Å². The van der Waals surface area contributed by atoms with Gasteiger partial charge in [-0.3, -0.25) is 4.79 Å². The number of hydrogen-bond donors (Lipinski definition) is 1. The number of aromatic nitrogens is 1. The number of carboxylic acid groups (broad SMARTS) is 1. The molecule has 0 saturated carbocycles. The average molecular weight is 230 g/mol. The highest BCUT2D eigenvalue weighted by Gasteiger charge is 2.37. The Labute approximate surface area is 91.5 Å². The first-order chi connectivity index (χ1) is 7.34. The van der Waals surface area contributed by atoms with E-state index in [1.165, 1.54) is 23.2 Å². The van der Waals surface area contributed by atoms with Crippen LogP contribution in [0.5, 0.6) is 0 Å². The number of alkyl halides is 2. The first-order valence-electron chi connectivity index (χ1n) is 4.57. The molecule has 0 aromatic carbocycles. The van der Waals surface area contributed by atoms with Gasteiger partial charge in [0.25, 0.3) is 5.92 Å². The van der Waals surface area contributed by atoms with Gasteiger partial charge in [-0.2, -0.15) is 0 Å². The molecule has 1 aromatic rings. The lowest BCUT2D eigenvalue weighted by molar-refractivity contribution is -0.145. The monoisotopic (exact) mass is 230 g/mol. The molecular formula is C10H12F2N2O2. The number of hydrogen-bond acceptors (Lipinski definition) is 3. The Kier molecular flexibility index (Phi) is 3.41. The fraction of sp³-hybridized carbons (Fsp3) is 0.400. The molecule has 0 aliphatic carbocycles. The van der Waals surface area contributed by atoms with Crippen molar-refractivity contribution in [2.45, 2.75) is 12.3 Å². The van der Waals surface area contributed by atoms with E-state index in [4.69, 9.17) is 5.11 Å². The van der Waals surface area contributed by atoms with Crippen LogP contribution >= 0.6 is 0 Å². The van der Waals surface area contributed by atoms with Crippen molar-refractivity contribution in [2.75, 3.05) is 19.0 Å². The maximum Gasteiger partial charge on any atom is 0.309 e. The van der Waals surface area contributed by atoms with E-state index in [1.807, 2.05) is 0 Å². The van der Waals surface area contributed by atoms with Gasteiger partial charge in [0.05, 0.1) is 5.56 Å². The van der Waals surface area contributed by atoms with E-state index in [1.54, 1.807) is 14.1 Å². The number of carboxylic acids is 1. The topological polar surface area (TPSA) is 53.4 Å². The highest BCUT2D eigenvalue weighted by Crippen LogP contribution is 2.36. The molecule has 1 N–H and O–H groups in total. The van der Waals surface area contributed by atoms with E-state index in [9.17, 15) is 13.6 Å². The van der Waals surface area contributed by atoms with Gasteiger partial charge in [0.15, 0.2) is 0 Å². The lowest BCUT2D eigenvalue weighted by atomic mass is 10.1. The van der Waals surface area contributed by atoms with Crippen LogP contribution in [0.4, 0.5) is 14.6 Å². The zero-order valence-electron chi connectivity index (χ0n) is 8.94. The number of halogens is 2. The molecule has 1 heterocycles. The van der Waals surface area contributed by atoms with E-state index >= 15 is 0 Å². The fourth-order valence-electron chi connectivity index (χ4n) is 1.32. The summed E-state index contributed by atoms with van der Waals surface area (Å²) in [4.78, 5) is 15.6. The summed E-state index contributed by atoms with van der Waals surface area (Å²) in [5, 5.41) is 8.43. The lowest BCUT2D eigenvalue weighted by Crippen LogP contribution is -2.23. The largest absolute Gasteiger partial charge is 0.481 e. The van der Waals surface area contributed by atoms with Crippen LogP contribution in [0.15, 0.2) is 18.3 Å². The quantitative estimate of drug-likeness (QED) is 0.855. The number of pyridine rings is 1. The van der Waals surface area contributed by atoms with E-state index in [0.29, 0.717) is 0 Å². The minimum atomic E-state index is -3.42. The summed E-state index contributed by atoms with van der Waals surface area (Å²) in [5.41, 5.74) is -0.373. The Hall–Kier alpha value is -1.72. The van der Waals surface area contributed by atoms with Crippen LogP contribution in [0, 0.1) is 0 Å². The first kappa shape index (κ1) is 12.4. The Bertz CT molecular complexity index is 394. The second kappa shape index (κ2) is 4.42. The van der Waals surface area contributed by atoms with E-state index in [-0.39, 0.29) is 11.4 Å². The minimum Gasteiger partial charge on any atom is -0.481 e. The molecule has 0 radical (unpaired) electrons. The summed E-state index contributed by atoms with van der Waals surface area (Å²) in [7, 11) is 3.14. The molecule has 0 amide bonds. The smallest absolute Gasteiger partial charge is 0.309 e. The van der Waals surface area contributed by atoms with Gasteiger partial charge in [-0.15, -0.1) is 0 Å². The minimum absolute atomic E-state index is 0.0775. The molecule has 0 aliphatic rings. The average Bonchev–Trinajstić information content (AvgIpc) is 2.15. The predicted octanol–water partition coefficient (Wildman–Crippen LogP) is 1.71. The van der Waals surface area contributed by atoms with Crippen LogP contribution < -0.4 is 4.90 Å². The van der Waals surface area contributed by atoms with Crippen molar-refractivity contribution in [2.24, 2.45) is 0 Å². The molecule has 0 atom stereocenters. The maximum absolute atomic E-state index is 13.6. The molecule has 0 aliphatic heterocycles. The number of anilines is 1. The third-order valence-electron chi connectivity index (χ3n) is 1.98. The SMILES string of the molecule is CN(C)c1ncccc1C(F)(F)CC(=O)O. The van der Waals surface area contributed by atoms with Crippen molar-refractivity contribution >= 4 is 11.8 Å². The highest BCUT2D eigenvalue weighted by molar-refractivity contribution is 5.69.